The van der Waals surface area contributed by atoms with Crippen LogP contribution in [0, 0.1) is 5.92 Å². The van der Waals surface area contributed by atoms with E-state index < -0.39 is 0 Å². The molecule has 1 N–H and O–H groups in total. The Labute approximate surface area is 113 Å². The van der Waals surface area contributed by atoms with Gasteiger partial charge in [0, 0.05) is 18.6 Å². The van der Waals surface area contributed by atoms with Crippen LogP contribution in [0.1, 0.15) is 18.4 Å². The molecule has 0 saturated heterocycles. The number of hydrogen-bond acceptors (Lipinski definition) is 2. The summed E-state index contributed by atoms with van der Waals surface area (Å²) in [5, 5.41) is 3.93. The first kappa shape index (κ1) is 13.4. The lowest BCUT2D eigenvalue weighted by atomic mass is 10.2. The van der Waals surface area contributed by atoms with Gasteiger partial charge >= 0.3 is 0 Å². The van der Waals surface area contributed by atoms with Crippen molar-refractivity contribution in [2.75, 3.05) is 20.1 Å². The summed E-state index contributed by atoms with van der Waals surface area (Å²) in [6.45, 7) is 2.03. The van der Waals surface area contributed by atoms with Gasteiger partial charge in [0.1, 0.15) is 0 Å². The summed E-state index contributed by atoms with van der Waals surface area (Å²) in [6, 6.07) is 7.59. The fourth-order valence-electron chi connectivity index (χ4n) is 1.79. The Kier molecular flexibility index (Phi) is 4.61. The van der Waals surface area contributed by atoms with Crippen molar-refractivity contribution in [2.24, 2.45) is 5.92 Å². The third-order valence-corrected chi connectivity index (χ3v) is 3.42. The Morgan fingerprint density at radius 1 is 1.39 bits per heavy atom. The van der Waals surface area contributed by atoms with Crippen LogP contribution in [0.25, 0.3) is 0 Å². The van der Waals surface area contributed by atoms with Crippen LogP contribution in [0.2, 0.25) is 5.02 Å². The zero-order valence-electron chi connectivity index (χ0n) is 10.7. The molecule has 1 aliphatic rings. The zero-order valence-corrected chi connectivity index (χ0v) is 11.4. The number of rotatable bonds is 6. The standard InChI is InChI=1S/C14H19ClN2O/c1-17(10-12-4-6-13(15)7-5-12)14(18)9-16-8-11-2-3-11/h4-7,11,16H,2-3,8-10H2,1H3. The van der Waals surface area contributed by atoms with E-state index in [-0.39, 0.29) is 5.91 Å². The summed E-state index contributed by atoms with van der Waals surface area (Å²) in [5.74, 6) is 0.935. The van der Waals surface area contributed by atoms with E-state index in [1.54, 1.807) is 4.90 Å². The smallest absolute Gasteiger partial charge is 0.236 e. The van der Waals surface area contributed by atoms with E-state index in [4.69, 9.17) is 11.6 Å². The summed E-state index contributed by atoms with van der Waals surface area (Å²) in [5.41, 5.74) is 1.09. The lowest BCUT2D eigenvalue weighted by molar-refractivity contribution is -0.129. The molecule has 18 heavy (non-hydrogen) atoms. The molecule has 1 saturated carbocycles. The van der Waals surface area contributed by atoms with Crippen molar-refractivity contribution < 1.29 is 4.79 Å². The molecule has 0 aliphatic heterocycles. The zero-order chi connectivity index (χ0) is 13.0. The fourth-order valence-corrected chi connectivity index (χ4v) is 1.92. The molecule has 0 bridgehead atoms. The second-order valence-electron chi connectivity index (χ2n) is 4.95. The van der Waals surface area contributed by atoms with Crippen molar-refractivity contribution in [1.82, 2.24) is 10.2 Å². The van der Waals surface area contributed by atoms with Gasteiger partial charge in [-0.05, 0) is 43.0 Å². The third kappa shape index (κ3) is 4.31. The summed E-state index contributed by atoms with van der Waals surface area (Å²) in [7, 11) is 1.83. The van der Waals surface area contributed by atoms with E-state index in [9.17, 15) is 4.79 Å². The van der Waals surface area contributed by atoms with Crippen LogP contribution in [0.4, 0.5) is 0 Å². The second-order valence-corrected chi connectivity index (χ2v) is 5.39. The summed E-state index contributed by atoms with van der Waals surface area (Å²) >= 11 is 5.82. The molecule has 0 unspecified atom stereocenters. The maximum absolute atomic E-state index is 11.9. The minimum Gasteiger partial charge on any atom is -0.340 e. The molecule has 0 heterocycles. The van der Waals surface area contributed by atoms with Crippen molar-refractivity contribution in [3.63, 3.8) is 0 Å². The van der Waals surface area contributed by atoms with Crippen LogP contribution in [-0.4, -0.2) is 30.9 Å². The molecular formula is C14H19ClN2O. The molecule has 1 aromatic carbocycles. The number of amides is 1. The van der Waals surface area contributed by atoms with E-state index in [0.717, 1.165) is 23.0 Å². The Bertz CT molecular complexity index is 401. The van der Waals surface area contributed by atoms with E-state index in [1.165, 1.54) is 12.8 Å². The Morgan fingerprint density at radius 2 is 2.06 bits per heavy atom. The molecule has 0 spiro atoms. The summed E-state index contributed by atoms with van der Waals surface area (Å²) in [6.07, 6.45) is 2.61. The molecule has 0 atom stereocenters. The molecule has 4 heteroatoms. The molecule has 1 aromatic rings. The van der Waals surface area contributed by atoms with Gasteiger partial charge in [0.25, 0.3) is 0 Å². The predicted octanol–water partition coefficient (Wildman–Crippen LogP) is 2.30. The lowest BCUT2D eigenvalue weighted by Gasteiger charge is -2.17. The number of carbonyl (C=O) groups excluding carboxylic acids is 1. The molecule has 0 aromatic heterocycles. The minimum absolute atomic E-state index is 0.130. The fraction of sp³-hybridized carbons (Fsp3) is 0.500. The number of hydrogen-bond donors (Lipinski definition) is 1. The molecule has 1 aliphatic carbocycles. The van der Waals surface area contributed by atoms with Gasteiger partial charge in [-0.2, -0.15) is 0 Å². The van der Waals surface area contributed by atoms with E-state index in [2.05, 4.69) is 5.32 Å². The Hall–Kier alpha value is -1.06. The molecular weight excluding hydrogens is 248 g/mol. The van der Waals surface area contributed by atoms with Gasteiger partial charge in [-0.25, -0.2) is 0 Å². The maximum Gasteiger partial charge on any atom is 0.236 e. The predicted molar refractivity (Wildman–Crippen MR) is 73.5 cm³/mol. The first-order chi connectivity index (χ1) is 8.65. The highest BCUT2D eigenvalue weighted by molar-refractivity contribution is 6.30. The SMILES string of the molecule is CN(Cc1ccc(Cl)cc1)C(=O)CNCC1CC1. The highest BCUT2D eigenvalue weighted by Gasteiger charge is 2.20. The summed E-state index contributed by atoms with van der Waals surface area (Å²) in [4.78, 5) is 13.6. The van der Waals surface area contributed by atoms with Gasteiger partial charge in [0.15, 0.2) is 0 Å². The number of likely N-dealkylation sites (N-methyl/N-ethyl adjacent to an activating group) is 1. The minimum atomic E-state index is 0.130. The molecule has 1 amide bonds. The Morgan fingerprint density at radius 3 is 2.67 bits per heavy atom. The van der Waals surface area contributed by atoms with Gasteiger partial charge in [0.2, 0.25) is 5.91 Å². The van der Waals surface area contributed by atoms with Gasteiger partial charge in [0.05, 0.1) is 6.54 Å². The van der Waals surface area contributed by atoms with Crippen LogP contribution in [0.5, 0.6) is 0 Å². The van der Waals surface area contributed by atoms with Gasteiger partial charge in [-0.15, -0.1) is 0 Å². The Balaban J connectivity index is 1.73. The van der Waals surface area contributed by atoms with E-state index >= 15 is 0 Å². The van der Waals surface area contributed by atoms with Crippen LogP contribution >= 0.6 is 11.6 Å². The van der Waals surface area contributed by atoms with Gasteiger partial charge in [-0.3, -0.25) is 4.79 Å². The molecule has 2 rings (SSSR count). The number of halogens is 1. The number of nitrogens with one attached hydrogen (secondary N) is 1. The monoisotopic (exact) mass is 266 g/mol. The van der Waals surface area contributed by atoms with Crippen molar-refractivity contribution in [3.05, 3.63) is 34.9 Å². The highest BCUT2D eigenvalue weighted by atomic mass is 35.5. The van der Waals surface area contributed by atoms with Crippen molar-refractivity contribution in [1.29, 1.82) is 0 Å². The molecule has 0 radical (unpaired) electrons. The first-order valence-corrected chi connectivity index (χ1v) is 6.72. The number of carbonyl (C=O) groups is 1. The van der Waals surface area contributed by atoms with Crippen molar-refractivity contribution >= 4 is 17.5 Å². The van der Waals surface area contributed by atoms with Crippen molar-refractivity contribution in [3.8, 4) is 0 Å². The van der Waals surface area contributed by atoms with Gasteiger partial charge in [-0.1, -0.05) is 23.7 Å². The topological polar surface area (TPSA) is 32.3 Å². The average Bonchev–Trinajstić information content (AvgIpc) is 3.16. The average molecular weight is 267 g/mol. The number of benzene rings is 1. The normalized spacial score (nSPS) is 14.6. The molecule has 3 nitrogen and oxygen atoms in total. The highest BCUT2D eigenvalue weighted by Crippen LogP contribution is 2.27. The number of nitrogens with zero attached hydrogens (tertiary/aromatic N) is 1. The van der Waals surface area contributed by atoms with Crippen molar-refractivity contribution in [2.45, 2.75) is 19.4 Å². The molecule has 98 valence electrons. The van der Waals surface area contributed by atoms with E-state index in [0.29, 0.717) is 13.1 Å². The second kappa shape index (κ2) is 6.21. The quantitative estimate of drug-likeness (QED) is 0.857. The third-order valence-electron chi connectivity index (χ3n) is 3.16. The lowest BCUT2D eigenvalue weighted by Crippen LogP contribution is -2.35. The van der Waals surface area contributed by atoms with Crippen LogP contribution in [0.3, 0.4) is 0 Å². The summed E-state index contributed by atoms with van der Waals surface area (Å²) < 4.78 is 0. The maximum atomic E-state index is 11.9. The van der Waals surface area contributed by atoms with Gasteiger partial charge < -0.3 is 10.2 Å². The largest absolute Gasteiger partial charge is 0.340 e. The van der Waals surface area contributed by atoms with Crippen LogP contribution < -0.4 is 5.32 Å². The van der Waals surface area contributed by atoms with Crippen LogP contribution in [-0.2, 0) is 11.3 Å². The van der Waals surface area contributed by atoms with E-state index in [1.807, 2.05) is 31.3 Å². The van der Waals surface area contributed by atoms with Crippen LogP contribution in [0.15, 0.2) is 24.3 Å². The first-order valence-electron chi connectivity index (χ1n) is 6.34. The molecule has 1 fully saturated rings.